The average Bonchev–Trinajstić information content (AvgIpc) is 3.97. The van der Waals surface area contributed by atoms with Gasteiger partial charge in [-0.2, -0.15) is 0 Å². The second-order valence-corrected chi connectivity index (χ2v) is 15.7. The zero-order chi connectivity index (χ0) is 39.8. The molecule has 4 heterocycles. The van der Waals surface area contributed by atoms with Gasteiger partial charge in [-0.15, -0.1) is 0 Å². The van der Waals surface area contributed by atoms with Gasteiger partial charge in [0.25, 0.3) is 0 Å². The maximum Gasteiger partial charge on any atom is 0.411 e. The van der Waals surface area contributed by atoms with Crippen molar-refractivity contribution in [2.75, 3.05) is 38.4 Å². The van der Waals surface area contributed by atoms with Gasteiger partial charge in [-0.05, 0) is 47.4 Å². The van der Waals surface area contributed by atoms with Crippen LogP contribution in [0.5, 0.6) is 11.5 Å². The van der Waals surface area contributed by atoms with E-state index in [0.717, 1.165) is 39.6 Å². The lowest BCUT2D eigenvalue weighted by Gasteiger charge is -2.45. The number of aromatic hydroxyl groups is 1. The molecule has 3 aliphatic heterocycles. The number of anilines is 2. The predicted molar refractivity (Wildman–Crippen MR) is 216 cm³/mol. The molecule has 57 heavy (non-hydrogen) atoms. The van der Waals surface area contributed by atoms with Gasteiger partial charge >= 0.3 is 6.09 Å². The number of morpholine rings is 1. The fraction of sp³-hybridized carbons (Fsp3) is 0.341. The molecule has 0 unspecified atom stereocenters. The van der Waals surface area contributed by atoms with Crippen LogP contribution >= 0.6 is 0 Å². The number of methoxy groups -OCH3 is 1. The Kier molecular flexibility index (Phi) is 10.5. The Balaban J connectivity index is 0.868. The minimum atomic E-state index is -0.913. The standard InChI is InChI=1S/C44H47N5O8/c1-49(2)34-21-29(22-35(49)43-42(34)57-43)56-44(54)47-33-19-25(9-13-30(33)26-7-5-4-6-8-26)10-17-39(52)46-28-12-11-27(38(20-28)55-3)23-45-24-37(51)31-14-16-36(50)41-32(31)15-18-40(53)48-41/h4-9,11-16,18-20,29,34-35,37,42-43,45,51H,10,17,21-24H2,1-3H3,(H3-,46,47,48,50,52,53,54)/p+1/t29-,34-,35+,37-,42-,43+/m0/s1. The number of aryl methyl sites for hydroxylation is 1. The minimum absolute atomic E-state index is 0.0705. The molecule has 2 bridgehead atoms. The van der Waals surface area contributed by atoms with Crippen LogP contribution < -0.4 is 26.2 Å². The Hall–Kier alpha value is -5.73. The number of rotatable bonds is 13. The van der Waals surface area contributed by atoms with Crippen molar-refractivity contribution in [3.05, 3.63) is 118 Å². The number of pyridine rings is 1. The second kappa shape index (κ2) is 15.7. The molecule has 1 aromatic heterocycles. The number of ether oxygens (including phenoxy) is 3. The molecule has 6 N–H and O–H groups in total. The first-order valence-corrected chi connectivity index (χ1v) is 19.3. The Bertz CT molecular complexity index is 2340. The average molecular weight is 775 g/mol. The van der Waals surface area contributed by atoms with E-state index in [1.807, 2.05) is 54.6 Å². The third-order valence-electron chi connectivity index (χ3n) is 11.8. The number of benzene rings is 4. The summed E-state index contributed by atoms with van der Waals surface area (Å²) in [6.45, 7) is 0.570. The zero-order valence-electron chi connectivity index (χ0n) is 32.2. The summed E-state index contributed by atoms with van der Waals surface area (Å²) in [5.74, 6) is 0.319. The minimum Gasteiger partial charge on any atom is -0.506 e. The first kappa shape index (κ1) is 38.2. The van der Waals surface area contributed by atoms with Crippen LogP contribution in [0, 0.1) is 0 Å². The molecule has 3 aliphatic rings. The van der Waals surface area contributed by atoms with Gasteiger partial charge in [0.15, 0.2) is 0 Å². The number of aromatic amines is 1. The summed E-state index contributed by atoms with van der Waals surface area (Å²) in [4.78, 5) is 40.9. The number of aliphatic hydroxyl groups is 1. The van der Waals surface area contributed by atoms with Crippen LogP contribution in [0.15, 0.2) is 95.8 Å². The second-order valence-electron chi connectivity index (χ2n) is 15.7. The van der Waals surface area contributed by atoms with Crippen molar-refractivity contribution in [3.63, 3.8) is 0 Å². The quantitative estimate of drug-likeness (QED) is 0.0657. The molecule has 3 fully saturated rings. The van der Waals surface area contributed by atoms with E-state index in [1.165, 1.54) is 12.1 Å². The molecule has 0 radical (unpaired) electrons. The van der Waals surface area contributed by atoms with Crippen LogP contribution in [0.25, 0.3) is 22.0 Å². The number of quaternary nitrogens is 1. The van der Waals surface area contributed by atoms with E-state index in [9.17, 15) is 24.6 Å². The van der Waals surface area contributed by atoms with Crippen LogP contribution in [0.1, 0.15) is 42.1 Å². The number of likely N-dealkylation sites (N-methyl/N-ethyl adjacent to an activating group) is 1. The Morgan fingerprint density at radius 3 is 2.47 bits per heavy atom. The molecule has 13 nitrogen and oxygen atoms in total. The summed E-state index contributed by atoms with van der Waals surface area (Å²) in [5, 5.41) is 30.9. The van der Waals surface area contributed by atoms with E-state index in [4.69, 9.17) is 14.2 Å². The van der Waals surface area contributed by atoms with Gasteiger partial charge < -0.3 is 44.5 Å². The number of hydrogen-bond donors (Lipinski definition) is 6. The number of fused-ring (bicyclic) bond motifs is 6. The number of amides is 2. The number of epoxide rings is 1. The van der Waals surface area contributed by atoms with E-state index in [-0.39, 0.29) is 54.0 Å². The largest absolute Gasteiger partial charge is 0.506 e. The lowest BCUT2D eigenvalue weighted by Crippen LogP contribution is -2.60. The number of phenols is 1. The van der Waals surface area contributed by atoms with Gasteiger partial charge in [-0.3, -0.25) is 14.9 Å². The molecule has 13 heteroatoms. The van der Waals surface area contributed by atoms with Crippen molar-refractivity contribution in [1.29, 1.82) is 0 Å². The van der Waals surface area contributed by atoms with E-state index in [0.29, 0.717) is 53.1 Å². The summed E-state index contributed by atoms with van der Waals surface area (Å²) in [6, 6.07) is 27.8. The van der Waals surface area contributed by atoms with Crippen molar-refractivity contribution in [1.82, 2.24) is 10.3 Å². The number of aromatic nitrogens is 1. The highest BCUT2D eigenvalue weighted by Gasteiger charge is 2.70. The van der Waals surface area contributed by atoms with E-state index in [1.54, 1.807) is 31.4 Å². The number of nitrogens with one attached hydrogen (secondary N) is 4. The number of aliphatic hydroxyl groups excluding tert-OH is 1. The number of phenolic OH excluding ortho intramolecular Hbond substituents is 1. The molecular formula is C44H48N5O8+. The highest BCUT2D eigenvalue weighted by atomic mass is 16.6. The van der Waals surface area contributed by atoms with Gasteiger partial charge in [0, 0.05) is 66.7 Å². The van der Waals surface area contributed by atoms with E-state index < -0.39 is 12.2 Å². The summed E-state index contributed by atoms with van der Waals surface area (Å²) >= 11 is 0. The molecule has 8 rings (SSSR count). The highest BCUT2D eigenvalue weighted by molar-refractivity contribution is 5.93. The molecule has 5 aromatic rings. The molecule has 2 amide bonds. The number of piperidine rings is 1. The first-order chi connectivity index (χ1) is 27.5. The van der Waals surface area contributed by atoms with Gasteiger partial charge in [-0.25, -0.2) is 4.79 Å². The number of nitrogens with zero attached hydrogens (tertiary/aromatic N) is 1. The third kappa shape index (κ3) is 7.96. The van der Waals surface area contributed by atoms with Gasteiger partial charge in [0.2, 0.25) is 11.5 Å². The topological polar surface area (TPSA) is 175 Å². The number of carbonyl (C=O) groups is 2. The van der Waals surface area contributed by atoms with Crippen molar-refractivity contribution in [3.8, 4) is 22.6 Å². The maximum absolute atomic E-state index is 13.3. The summed E-state index contributed by atoms with van der Waals surface area (Å²) in [6.07, 6.45) is 1.19. The summed E-state index contributed by atoms with van der Waals surface area (Å²) in [7, 11) is 6.05. The first-order valence-electron chi connectivity index (χ1n) is 19.3. The smallest absolute Gasteiger partial charge is 0.411 e. The van der Waals surface area contributed by atoms with Crippen LogP contribution in [0.4, 0.5) is 16.2 Å². The lowest BCUT2D eigenvalue weighted by atomic mass is 9.96. The van der Waals surface area contributed by atoms with Crippen LogP contribution in [-0.2, 0) is 27.2 Å². The molecule has 0 aliphatic carbocycles. The van der Waals surface area contributed by atoms with Crippen molar-refractivity contribution in [2.45, 2.75) is 68.7 Å². The molecular weight excluding hydrogens is 727 g/mol. The Morgan fingerprint density at radius 2 is 1.72 bits per heavy atom. The molecule has 0 spiro atoms. The van der Waals surface area contributed by atoms with Crippen molar-refractivity contribution >= 4 is 34.3 Å². The fourth-order valence-electron chi connectivity index (χ4n) is 8.76. The summed E-state index contributed by atoms with van der Waals surface area (Å²) in [5.41, 5.74) is 5.23. The molecule has 0 saturated carbocycles. The van der Waals surface area contributed by atoms with Gasteiger partial charge in [-0.1, -0.05) is 54.6 Å². The SMILES string of the molecule is COc1cc(NC(=O)CCc2ccc(-c3ccccc3)c(NC(=O)O[C@@H]3C[C@@H]4[C@H]5O[C@H]5[C@H](C3)[N+]4(C)C)c2)ccc1CNC[C@H](O)c1ccc(O)c2[nH]c(=O)ccc12. The molecule has 3 saturated heterocycles. The monoisotopic (exact) mass is 774 g/mol. The van der Waals surface area contributed by atoms with Gasteiger partial charge in [0.05, 0.1) is 38.5 Å². The van der Waals surface area contributed by atoms with Crippen LogP contribution in [-0.4, -0.2) is 89.8 Å². The number of carbonyl (C=O) groups excluding carboxylic acids is 2. The molecule has 296 valence electrons. The number of hydrogen-bond acceptors (Lipinski definition) is 9. The third-order valence-corrected chi connectivity index (χ3v) is 11.8. The molecule has 4 aromatic carbocycles. The van der Waals surface area contributed by atoms with E-state index in [2.05, 4.69) is 35.0 Å². The summed E-state index contributed by atoms with van der Waals surface area (Å²) < 4.78 is 18.4. The molecule has 6 atom stereocenters. The predicted octanol–water partition coefficient (Wildman–Crippen LogP) is 5.61. The van der Waals surface area contributed by atoms with Crippen molar-refractivity contribution in [2.24, 2.45) is 0 Å². The normalized spacial score (nSPS) is 22.0. The van der Waals surface area contributed by atoms with Crippen LogP contribution in [0.2, 0.25) is 0 Å². The number of H-pyrrole nitrogens is 1. The lowest BCUT2D eigenvalue weighted by molar-refractivity contribution is -0.938. The highest BCUT2D eigenvalue weighted by Crippen LogP contribution is 2.51. The van der Waals surface area contributed by atoms with Crippen LogP contribution in [0.3, 0.4) is 0 Å². The fourth-order valence-corrected chi connectivity index (χ4v) is 8.76. The van der Waals surface area contributed by atoms with Crippen molar-refractivity contribution < 1.29 is 38.5 Å². The Labute approximate surface area is 330 Å². The van der Waals surface area contributed by atoms with E-state index >= 15 is 0 Å². The van der Waals surface area contributed by atoms with Gasteiger partial charge in [0.1, 0.15) is 41.9 Å². The maximum atomic E-state index is 13.3. The Morgan fingerprint density at radius 1 is 0.947 bits per heavy atom. The zero-order valence-corrected chi connectivity index (χ0v) is 32.2.